The number of rotatable bonds is 5. The van der Waals surface area contributed by atoms with E-state index < -0.39 is 0 Å². The van der Waals surface area contributed by atoms with Gasteiger partial charge < -0.3 is 15.4 Å². The van der Waals surface area contributed by atoms with E-state index in [9.17, 15) is 4.79 Å². The second-order valence-electron chi connectivity index (χ2n) is 7.05. The van der Waals surface area contributed by atoms with Gasteiger partial charge in [-0.2, -0.15) is 0 Å². The van der Waals surface area contributed by atoms with Crippen molar-refractivity contribution in [3.8, 4) is 5.75 Å². The van der Waals surface area contributed by atoms with Crippen molar-refractivity contribution < 1.29 is 9.53 Å². The highest BCUT2D eigenvalue weighted by Gasteiger charge is 2.19. The summed E-state index contributed by atoms with van der Waals surface area (Å²) >= 11 is 0. The van der Waals surface area contributed by atoms with E-state index in [1.54, 1.807) is 0 Å². The highest BCUT2D eigenvalue weighted by Crippen LogP contribution is 2.30. The molecule has 0 aliphatic carbocycles. The second-order valence-corrected chi connectivity index (χ2v) is 7.05. The number of carbonyl (C=O) groups excluding carboxylic acids is 1. The molecule has 1 amide bonds. The zero-order valence-electron chi connectivity index (χ0n) is 14.4. The molecule has 0 radical (unpaired) electrons. The zero-order valence-corrected chi connectivity index (χ0v) is 15.2. The van der Waals surface area contributed by atoms with Crippen molar-refractivity contribution in [3.63, 3.8) is 0 Å². The molecule has 1 atom stereocenters. The van der Waals surface area contributed by atoms with E-state index >= 15 is 0 Å². The number of benzene rings is 1. The molecule has 4 nitrogen and oxygen atoms in total. The lowest BCUT2D eigenvalue weighted by molar-refractivity contribution is -0.123. The summed E-state index contributed by atoms with van der Waals surface area (Å²) in [5.74, 6) is 1.29. The van der Waals surface area contributed by atoms with Gasteiger partial charge in [0.1, 0.15) is 5.75 Å². The van der Waals surface area contributed by atoms with Gasteiger partial charge in [0.25, 0.3) is 5.91 Å². The van der Waals surface area contributed by atoms with Crippen LogP contribution in [0.3, 0.4) is 0 Å². The largest absolute Gasteiger partial charge is 0.483 e. The van der Waals surface area contributed by atoms with E-state index in [1.807, 2.05) is 18.2 Å². The van der Waals surface area contributed by atoms with Gasteiger partial charge in [-0.3, -0.25) is 4.79 Å². The Morgan fingerprint density at radius 2 is 2.09 bits per heavy atom. The van der Waals surface area contributed by atoms with Gasteiger partial charge in [-0.15, -0.1) is 12.4 Å². The van der Waals surface area contributed by atoms with Gasteiger partial charge in [0.2, 0.25) is 0 Å². The smallest absolute Gasteiger partial charge is 0.257 e. The van der Waals surface area contributed by atoms with Crippen LogP contribution < -0.4 is 15.4 Å². The number of piperidine rings is 1. The third-order valence-corrected chi connectivity index (χ3v) is 4.04. The summed E-state index contributed by atoms with van der Waals surface area (Å²) in [7, 11) is 0. The Balaban J connectivity index is 0.00000264. The minimum Gasteiger partial charge on any atom is -0.483 e. The molecule has 1 aromatic rings. The molecular weight excluding hydrogens is 312 g/mol. The minimum atomic E-state index is -0.0470. The summed E-state index contributed by atoms with van der Waals surface area (Å²) in [4.78, 5) is 12.0. The van der Waals surface area contributed by atoms with Gasteiger partial charge in [-0.1, -0.05) is 39.0 Å². The molecule has 5 heteroatoms. The van der Waals surface area contributed by atoms with Crippen molar-refractivity contribution in [1.29, 1.82) is 0 Å². The molecule has 1 fully saturated rings. The third kappa shape index (κ3) is 6.40. The first-order chi connectivity index (χ1) is 10.5. The lowest BCUT2D eigenvalue weighted by atomic mass is 9.86. The van der Waals surface area contributed by atoms with Gasteiger partial charge >= 0.3 is 0 Å². The Morgan fingerprint density at radius 3 is 2.74 bits per heavy atom. The SMILES string of the molecule is CC(C)(C)c1ccccc1OCC(=O)NCC1CCCNC1.Cl. The van der Waals surface area contributed by atoms with Gasteiger partial charge in [0, 0.05) is 6.54 Å². The summed E-state index contributed by atoms with van der Waals surface area (Å²) in [5, 5.41) is 6.33. The molecule has 23 heavy (non-hydrogen) atoms. The summed E-state index contributed by atoms with van der Waals surface area (Å²) < 4.78 is 5.74. The van der Waals surface area contributed by atoms with Crippen LogP contribution >= 0.6 is 12.4 Å². The summed E-state index contributed by atoms with van der Waals surface area (Å²) in [6, 6.07) is 7.93. The molecule has 1 aromatic carbocycles. The maximum Gasteiger partial charge on any atom is 0.257 e. The highest BCUT2D eigenvalue weighted by atomic mass is 35.5. The maximum absolute atomic E-state index is 12.0. The Labute approximate surface area is 145 Å². The van der Waals surface area contributed by atoms with E-state index in [-0.39, 0.29) is 30.3 Å². The van der Waals surface area contributed by atoms with Crippen LogP contribution in [0.25, 0.3) is 0 Å². The molecule has 1 heterocycles. The minimum absolute atomic E-state index is 0. The molecule has 2 N–H and O–H groups in total. The third-order valence-electron chi connectivity index (χ3n) is 4.04. The molecule has 1 aliphatic rings. The van der Waals surface area contributed by atoms with Crippen molar-refractivity contribution in [1.82, 2.24) is 10.6 Å². The van der Waals surface area contributed by atoms with Crippen molar-refractivity contribution >= 4 is 18.3 Å². The Hall–Kier alpha value is -1.26. The van der Waals surface area contributed by atoms with Crippen molar-refractivity contribution in [3.05, 3.63) is 29.8 Å². The Bertz CT molecular complexity index is 494. The first-order valence-electron chi connectivity index (χ1n) is 8.16. The number of para-hydroxylation sites is 1. The number of nitrogens with one attached hydrogen (secondary N) is 2. The van der Waals surface area contributed by atoms with Crippen LogP contribution in [0.2, 0.25) is 0 Å². The van der Waals surface area contributed by atoms with Crippen LogP contribution in [0.15, 0.2) is 24.3 Å². The van der Waals surface area contributed by atoms with Crippen molar-refractivity contribution in [2.24, 2.45) is 5.92 Å². The zero-order chi connectivity index (χ0) is 16.0. The van der Waals surface area contributed by atoms with Crippen LogP contribution in [0.1, 0.15) is 39.2 Å². The van der Waals surface area contributed by atoms with Crippen LogP contribution in [0.5, 0.6) is 5.75 Å². The molecule has 2 rings (SSSR count). The molecule has 0 bridgehead atoms. The summed E-state index contributed by atoms with van der Waals surface area (Å²) in [6.07, 6.45) is 2.37. The highest BCUT2D eigenvalue weighted by molar-refractivity contribution is 5.85. The van der Waals surface area contributed by atoms with Crippen LogP contribution in [0, 0.1) is 5.92 Å². The van der Waals surface area contributed by atoms with Gasteiger partial charge in [-0.05, 0) is 48.9 Å². The number of hydrogen-bond donors (Lipinski definition) is 2. The summed E-state index contributed by atoms with van der Waals surface area (Å²) in [6.45, 7) is 9.33. The number of amides is 1. The second kappa shape index (κ2) is 9.14. The number of hydrogen-bond acceptors (Lipinski definition) is 3. The lowest BCUT2D eigenvalue weighted by Gasteiger charge is -2.24. The fourth-order valence-corrected chi connectivity index (χ4v) is 2.76. The van der Waals surface area contributed by atoms with E-state index in [4.69, 9.17) is 4.74 Å². The lowest BCUT2D eigenvalue weighted by Crippen LogP contribution is -2.39. The molecule has 1 saturated heterocycles. The van der Waals surface area contributed by atoms with Crippen LogP contribution in [0.4, 0.5) is 0 Å². The average Bonchev–Trinajstić information content (AvgIpc) is 2.51. The molecule has 130 valence electrons. The van der Waals surface area contributed by atoms with Crippen molar-refractivity contribution in [2.75, 3.05) is 26.2 Å². The quantitative estimate of drug-likeness (QED) is 0.866. The average molecular weight is 341 g/mol. The van der Waals surface area contributed by atoms with E-state index in [2.05, 4.69) is 37.5 Å². The number of ether oxygens (including phenoxy) is 1. The number of carbonyl (C=O) groups is 1. The normalized spacial score (nSPS) is 18.0. The predicted octanol–water partition coefficient (Wildman–Crippen LogP) is 2.90. The molecule has 0 aromatic heterocycles. The number of halogens is 1. The van der Waals surface area contributed by atoms with Crippen molar-refractivity contribution in [2.45, 2.75) is 39.0 Å². The molecular formula is C18H29ClN2O2. The first-order valence-corrected chi connectivity index (χ1v) is 8.16. The summed E-state index contributed by atoms with van der Waals surface area (Å²) in [5.41, 5.74) is 1.13. The molecule has 1 unspecified atom stereocenters. The standard InChI is InChI=1S/C18H28N2O2.ClH/c1-18(2,3)15-8-4-5-9-16(15)22-13-17(21)20-12-14-7-6-10-19-11-14;/h4-5,8-9,14,19H,6-7,10-13H2,1-3H3,(H,20,21);1H. The Kier molecular flexibility index (Phi) is 7.86. The van der Waals surface area contributed by atoms with Gasteiger partial charge in [-0.25, -0.2) is 0 Å². The van der Waals surface area contributed by atoms with Gasteiger partial charge in [0.15, 0.2) is 6.61 Å². The topological polar surface area (TPSA) is 50.4 Å². The first kappa shape index (κ1) is 19.8. The fraction of sp³-hybridized carbons (Fsp3) is 0.611. The monoisotopic (exact) mass is 340 g/mol. The fourth-order valence-electron chi connectivity index (χ4n) is 2.76. The van der Waals surface area contributed by atoms with Crippen LogP contribution in [-0.2, 0) is 10.2 Å². The molecule has 1 aliphatic heterocycles. The maximum atomic E-state index is 12.0. The predicted molar refractivity (Wildman–Crippen MR) is 96.5 cm³/mol. The van der Waals surface area contributed by atoms with E-state index in [1.165, 1.54) is 12.8 Å². The van der Waals surface area contributed by atoms with E-state index in [0.29, 0.717) is 5.92 Å². The van der Waals surface area contributed by atoms with Crippen LogP contribution in [-0.4, -0.2) is 32.1 Å². The molecule has 0 spiro atoms. The van der Waals surface area contributed by atoms with E-state index in [0.717, 1.165) is 30.9 Å². The Morgan fingerprint density at radius 1 is 1.35 bits per heavy atom. The molecule has 0 saturated carbocycles. The van der Waals surface area contributed by atoms with Gasteiger partial charge in [0.05, 0.1) is 0 Å².